The molecule has 1 aromatic heterocycles. The number of thiazole rings is 1. The van der Waals surface area contributed by atoms with Gasteiger partial charge >= 0.3 is 0 Å². The van der Waals surface area contributed by atoms with Gasteiger partial charge in [0.25, 0.3) is 0 Å². The molecule has 2 N–H and O–H groups in total. The van der Waals surface area contributed by atoms with Gasteiger partial charge in [0, 0.05) is 6.07 Å². The molecule has 17 heavy (non-hydrogen) atoms. The summed E-state index contributed by atoms with van der Waals surface area (Å²) >= 11 is 1.37. The van der Waals surface area contributed by atoms with Gasteiger partial charge in [-0.15, -0.1) is 0 Å². The lowest BCUT2D eigenvalue weighted by atomic mass is 10.2. The van der Waals surface area contributed by atoms with Crippen LogP contribution in [0.15, 0.2) is 12.1 Å². The van der Waals surface area contributed by atoms with Crippen molar-refractivity contribution in [3.8, 4) is 11.8 Å². The molecular formula is C12H13N3OS. The van der Waals surface area contributed by atoms with Crippen molar-refractivity contribution in [2.45, 2.75) is 13.8 Å². The normalized spacial score (nSPS) is 10.7. The number of anilines is 1. The topological polar surface area (TPSA) is 71.9 Å². The highest BCUT2D eigenvalue weighted by Gasteiger charge is 2.09. The second-order valence-corrected chi connectivity index (χ2v) is 5.25. The van der Waals surface area contributed by atoms with E-state index < -0.39 is 0 Å². The summed E-state index contributed by atoms with van der Waals surface area (Å²) < 4.78 is 6.50. The van der Waals surface area contributed by atoms with Crippen molar-refractivity contribution in [2.75, 3.05) is 12.3 Å². The van der Waals surface area contributed by atoms with Gasteiger partial charge in [0.15, 0.2) is 5.13 Å². The van der Waals surface area contributed by atoms with Gasteiger partial charge in [-0.2, -0.15) is 5.26 Å². The Balaban J connectivity index is 2.42. The lowest BCUT2D eigenvalue weighted by molar-refractivity contribution is 0.271. The third-order valence-corrected chi connectivity index (χ3v) is 3.02. The molecule has 2 rings (SSSR count). The van der Waals surface area contributed by atoms with E-state index in [1.54, 1.807) is 6.07 Å². The fourth-order valence-electron chi connectivity index (χ4n) is 1.45. The highest BCUT2D eigenvalue weighted by Crippen LogP contribution is 2.30. The number of nitrogens with two attached hydrogens (primary N) is 1. The maximum Gasteiger partial charge on any atom is 0.181 e. The minimum absolute atomic E-state index is 0.447. The molecule has 2 aromatic rings. The highest BCUT2D eigenvalue weighted by atomic mass is 32.1. The fraction of sp³-hybridized carbons (Fsp3) is 0.333. The SMILES string of the molecule is CC(C)COc1cc(C#N)c2nc(N)sc2c1. The van der Waals surface area contributed by atoms with Crippen molar-refractivity contribution in [3.63, 3.8) is 0 Å². The van der Waals surface area contributed by atoms with E-state index in [0.717, 1.165) is 4.70 Å². The summed E-state index contributed by atoms with van der Waals surface area (Å²) in [5.41, 5.74) is 6.81. The van der Waals surface area contributed by atoms with Crippen molar-refractivity contribution in [3.05, 3.63) is 17.7 Å². The van der Waals surface area contributed by atoms with Gasteiger partial charge in [-0.1, -0.05) is 25.2 Å². The Kier molecular flexibility index (Phi) is 3.16. The first-order chi connectivity index (χ1) is 8.10. The maximum absolute atomic E-state index is 9.06. The van der Waals surface area contributed by atoms with Crippen LogP contribution < -0.4 is 10.5 Å². The number of fused-ring (bicyclic) bond motifs is 1. The number of hydrogen-bond acceptors (Lipinski definition) is 5. The number of benzene rings is 1. The molecule has 0 unspecified atom stereocenters. The number of hydrogen-bond donors (Lipinski definition) is 1. The van der Waals surface area contributed by atoms with Crippen LogP contribution in [0.4, 0.5) is 5.13 Å². The highest BCUT2D eigenvalue weighted by molar-refractivity contribution is 7.22. The second-order valence-electron chi connectivity index (χ2n) is 4.19. The summed E-state index contributed by atoms with van der Waals surface area (Å²) in [6, 6.07) is 5.71. The van der Waals surface area contributed by atoms with Crippen molar-refractivity contribution >= 4 is 26.7 Å². The van der Waals surface area contributed by atoms with Crippen LogP contribution in [0.1, 0.15) is 19.4 Å². The molecule has 0 fully saturated rings. The Labute approximate surface area is 104 Å². The molecule has 0 spiro atoms. The first-order valence-electron chi connectivity index (χ1n) is 5.33. The lowest BCUT2D eigenvalue weighted by Gasteiger charge is -2.08. The molecule has 4 nitrogen and oxygen atoms in total. The molecule has 0 aliphatic carbocycles. The summed E-state index contributed by atoms with van der Waals surface area (Å²) in [5, 5.41) is 9.53. The van der Waals surface area contributed by atoms with Crippen LogP contribution >= 0.6 is 11.3 Å². The van der Waals surface area contributed by atoms with Crippen molar-refractivity contribution < 1.29 is 4.74 Å². The molecule has 0 aliphatic rings. The van der Waals surface area contributed by atoms with Crippen LogP contribution in [-0.4, -0.2) is 11.6 Å². The van der Waals surface area contributed by atoms with E-state index >= 15 is 0 Å². The monoisotopic (exact) mass is 247 g/mol. The number of aromatic nitrogens is 1. The number of rotatable bonds is 3. The summed E-state index contributed by atoms with van der Waals surface area (Å²) in [6.45, 7) is 4.79. The van der Waals surface area contributed by atoms with E-state index in [1.807, 2.05) is 6.07 Å². The van der Waals surface area contributed by atoms with Gasteiger partial charge in [-0.25, -0.2) is 4.98 Å². The molecule has 0 saturated heterocycles. The molecule has 0 aliphatic heterocycles. The van der Waals surface area contributed by atoms with Crippen LogP contribution in [0.25, 0.3) is 10.2 Å². The molecule has 0 radical (unpaired) electrons. The summed E-state index contributed by atoms with van der Waals surface area (Å²) in [6.07, 6.45) is 0. The van der Waals surface area contributed by atoms with Crippen LogP contribution in [0.2, 0.25) is 0 Å². The number of nitriles is 1. The molecule has 0 atom stereocenters. The van der Waals surface area contributed by atoms with Gasteiger partial charge in [0.1, 0.15) is 17.3 Å². The predicted molar refractivity (Wildman–Crippen MR) is 69.1 cm³/mol. The van der Waals surface area contributed by atoms with Gasteiger partial charge in [0.2, 0.25) is 0 Å². The zero-order valence-electron chi connectivity index (χ0n) is 9.73. The van der Waals surface area contributed by atoms with Crippen LogP contribution in [0, 0.1) is 17.2 Å². The maximum atomic E-state index is 9.06. The first-order valence-corrected chi connectivity index (χ1v) is 6.14. The fourth-order valence-corrected chi connectivity index (χ4v) is 2.24. The standard InChI is InChI=1S/C12H13N3OS/c1-7(2)6-16-9-3-8(5-13)11-10(4-9)17-12(14)15-11/h3-4,7H,6H2,1-2H3,(H2,14,15). The Morgan fingerprint density at radius 2 is 2.29 bits per heavy atom. The van der Waals surface area contributed by atoms with Crippen molar-refractivity contribution in [2.24, 2.45) is 5.92 Å². The molecule has 5 heteroatoms. The minimum atomic E-state index is 0.447. The molecule has 1 heterocycles. The van der Waals surface area contributed by atoms with E-state index in [1.165, 1.54) is 11.3 Å². The molecule has 0 saturated carbocycles. The quantitative estimate of drug-likeness (QED) is 0.905. The zero-order valence-corrected chi connectivity index (χ0v) is 10.5. The van der Waals surface area contributed by atoms with Gasteiger partial charge in [-0.3, -0.25) is 0 Å². The second kappa shape index (κ2) is 4.60. The number of ether oxygens (including phenoxy) is 1. The summed E-state index contributed by atoms with van der Waals surface area (Å²) in [4.78, 5) is 4.14. The largest absolute Gasteiger partial charge is 0.493 e. The predicted octanol–water partition coefficient (Wildman–Crippen LogP) is 2.78. The van der Waals surface area contributed by atoms with E-state index in [2.05, 4.69) is 24.9 Å². The molecule has 0 bridgehead atoms. The Morgan fingerprint density at radius 3 is 2.94 bits per heavy atom. The third kappa shape index (κ3) is 2.48. The van der Waals surface area contributed by atoms with Gasteiger partial charge in [-0.05, 0) is 12.0 Å². The Hall–Kier alpha value is -1.80. The molecule has 0 amide bonds. The minimum Gasteiger partial charge on any atom is -0.493 e. The van der Waals surface area contributed by atoms with Crippen LogP contribution in [-0.2, 0) is 0 Å². The number of nitrogens with zero attached hydrogens (tertiary/aromatic N) is 2. The van der Waals surface area contributed by atoms with Crippen molar-refractivity contribution in [1.82, 2.24) is 4.98 Å². The zero-order chi connectivity index (χ0) is 12.4. The average Bonchev–Trinajstić information content (AvgIpc) is 2.65. The van der Waals surface area contributed by atoms with E-state index in [4.69, 9.17) is 15.7 Å². The lowest BCUT2D eigenvalue weighted by Crippen LogP contribution is -2.04. The van der Waals surface area contributed by atoms with Crippen molar-refractivity contribution in [1.29, 1.82) is 5.26 Å². The Bertz CT molecular complexity index is 583. The first kappa shape index (κ1) is 11.7. The van der Waals surface area contributed by atoms with E-state index in [9.17, 15) is 0 Å². The van der Waals surface area contributed by atoms with Crippen LogP contribution in [0.5, 0.6) is 5.75 Å². The molecular weight excluding hydrogens is 234 g/mol. The van der Waals surface area contributed by atoms with E-state index in [0.29, 0.717) is 34.5 Å². The summed E-state index contributed by atoms with van der Waals surface area (Å²) in [7, 11) is 0. The van der Waals surface area contributed by atoms with Gasteiger partial charge in [0.05, 0.1) is 16.9 Å². The Morgan fingerprint density at radius 1 is 1.53 bits per heavy atom. The van der Waals surface area contributed by atoms with Crippen LogP contribution in [0.3, 0.4) is 0 Å². The number of nitrogen functional groups attached to an aromatic ring is 1. The molecule has 1 aromatic carbocycles. The average molecular weight is 247 g/mol. The molecule has 88 valence electrons. The smallest absolute Gasteiger partial charge is 0.181 e. The summed E-state index contributed by atoms with van der Waals surface area (Å²) in [5.74, 6) is 1.15. The van der Waals surface area contributed by atoms with E-state index in [-0.39, 0.29) is 0 Å². The third-order valence-electron chi connectivity index (χ3n) is 2.19. The van der Waals surface area contributed by atoms with Gasteiger partial charge < -0.3 is 10.5 Å².